The van der Waals surface area contributed by atoms with Crippen molar-refractivity contribution in [2.24, 2.45) is 0 Å². The Kier molecular flexibility index (Phi) is 61.1. The van der Waals surface area contributed by atoms with Crippen LogP contribution in [-0.4, -0.2) is 66.5 Å². The first-order valence-corrected chi connectivity index (χ1v) is 35.0. The molecule has 3 atom stereocenters. The maximum atomic E-state index is 13.0. The Morgan fingerprint density at radius 2 is 0.598 bits per heavy atom. The Morgan fingerprint density at radius 3 is 0.915 bits per heavy atom. The van der Waals surface area contributed by atoms with Gasteiger partial charge in [-0.15, -0.1) is 0 Å². The minimum Gasteiger partial charge on any atom is -0.462 e. The second-order valence-corrected chi connectivity index (χ2v) is 23.7. The largest absolute Gasteiger partial charge is 0.472 e. The quantitative estimate of drug-likeness (QED) is 0.0197. The Morgan fingerprint density at radius 1 is 0.341 bits per heavy atom. The SMILES string of the molecule is CCCCC/C=C\C/C=C\C/C=C\CCCCCCCCC(=O)OCC(COP(=O)(O)OCC(CO)OC(=O)CCCCCCCCC/C=C\C/C=C\CCCCC)OC(=O)CCCCCCCCCCC/C=C\C/C=C\CCCCC. The van der Waals surface area contributed by atoms with Crippen LogP contribution in [0, 0.1) is 0 Å². The van der Waals surface area contributed by atoms with Gasteiger partial charge in [0.2, 0.25) is 0 Å². The van der Waals surface area contributed by atoms with Crippen LogP contribution in [0.15, 0.2) is 85.1 Å². The standard InChI is InChI=1S/C70H123O11P/c1-4-7-10-13-16-19-22-25-28-31-33-36-38-41-44-47-50-53-56-59-68(72)77-63-67(81-70(74)61-58-55-52-49-46-43-40-37-34-32-29-26-23-20-17-14-11-8-5-2)65-79-82(75,76)78-64-66(62-71)80-69(73)60-57-54-51-48-45-42-39-35-30-27-24-21-18-15-12-9-6-3/h16-21,25-30,33,36,66-67,71H,4-15,22-24,31-32,34-35,37-65H2,1-3H3,(H,75,76)/b19-16-,20-17-,21-18-,28-25-,29-26-,30-27-,36-33-. The van der Waals surface area contributed by atoms with Gasteiger partial charge in [-0.1, -0.05) is 247 Å². The highest BCUT2D eigenvalue weighted by Gasteiger charge is 2.28. The molecule has 0 fully saturated rings. The number of ether oxygens (including phenoxy) is 3. The van der Waals surface area contributed by atoms with Gasteiger partial charge in [0.1, 0.15) is 12.7 Å². The molecule has 0 aliphatic rings. The number of hydrogen-bond donors (Lipinski definition) is 2. The predicted molar refractivity (Wildman–Crippen MR) is 344 cm³/mol. The Hall–Kier alpha value is -3.34. The van der Waals surface area contributed by atoms with E-state index in [9.17, 15) is 28.9 Å². The van der Waals surface area contributed by atoms with Crippen LogP contribution in [0.1, 0.15) is 303 Å². The molecule has 0 aromatic heterocycles. The monoisotopic (exact) mass is 1170 g/mol. The third-order valence-electron chi connectivity index (χ3n) is 14.3. The van der Waals surface area contributed by atoms with E-state index in [4.69, 9.17) is 23.3 Å². The van der Waals surface area contributed by atoms with E-state index in [-0.39, 0.29) is 25.9 Å². The van der Waals surface area contributed by atoms with Crippen LogP contribution in [0.3, 0.4) is 0 Å². The van der Waals surface area contributed by atoms with Crippen molar-refractivity contribution in [1.82, 2.24) is 0 Å². The number of aliphatic hydroxyl groups excluding tert-OH is 1. The van der Waals surface area contributed by atoms with Gasteiger partial charge in [-0.05, 0) is 122 Å². The lowest BCUT2D eigenvalue weighted by atomic mass is 10.1. The molecule has 3 unspecified atom stereocenters. The molecule has 0 bridgehead atoms. The van der Waals surface area contributed by atoms with E-state index in [1.165, 1.54) is 122 Å². The first-order chi connectivity index (χ1) is 40.2. The van der Waals surface area contributed by atoms with E-state index in [1.807, 2.05) is 0 Å². The molecule has 0 saturated carbocycles. The van der Waals surface area contributed by atoms with E-state index < -0.39 is 57.8 Å². The second kappa shape index (κ2) is 63.7. The van der Waals surface area contributed by atoms with Crippen LogP contribution < -0.4 is 0 Å². The van der Waals surface area contributed by atoms with E-state index >= 15 is 0 Å². The van der Waals surface area contributed by atoms with Crippen molar-refractivity contribution in [3.63, 3.8) is 0 Å². The summed E-state index contributed by atoms with van der Waals surface area (Å²) >= 11 is 0. The van der Waals surface area contributed by atoms with E-state index in [2.05, 4.69) is 106 Å². The first kappa shape index (κ1) is 78.7. The molecule has 0 spiro atoms. The number of rotatable bonds is 62. The average molecular weight is 1170 g/mol. The smallest absolute Gasteiger partial charge is 0.462 e. The van der Waals surface area contributed by atoms with Gasteiger partial charge in [0.05, 0.1) is 19.8 Å². The van der Waals surface area contributed by atoms with E-state index in [0.717, 1.165) is 122 Å². The van der Waals surface area contributed by atoms with Crippen molar-refractivity contribution in [2.75, 3.05) is 26.4 Å². The average Bonchev–Trinajstić information content (AvgIpc) is 3.47. The molecule has 474 valence electrons. The summed E-state index contributed by atoms with van der Waals surface area (Å²) in [5.74, 6) is -1.48. The molecule has 0 aromatic rings. The van der Waals surface area contributed by atoms with Gasteiger partial charge in [-0.25, -0.2) is 4.57 Å². The van der Waals surface area contributed by atoms with Gasteiger partial charge in [0, 0.05) is 19.3 Å². The Labute approximate surface area is 502 Å². The van der Waals surface area contributed by atoms with Gasteiger partial charge in [-0.2, -0.15) is 0 Å². The summed E-state index contributed by atoms with van der Waals surface area (Å²) in [6.45, 7) is 4.58. The molecule has 2 N–H and O–H groups in total. The zero-order valence-corrected chi connectivity index (χ0v) is 53.6. The summed E-state index contributed by atoms with van der Waals surface area (Å²) in [6.07, 6.45) is 75.2. The van der Waals surface area contributed by atoms with Gasteiger partial charge < -0.3 is 24.2 Å². The minimum atomic E-state index is -4.77. The van der Waals surface area contributed by atoms with Gasteiger partial charge in [-0.3, -0.25) is 23.4 Å². The fourth-order valence-electron chi connectivity index (χ4n) is 9.13. The number of allylic oxidation sites excluding steroid dienone is 14. The van der Waals surface area contributed by atoms with Crippen LogP contribution in [0.5, 0.6) is 0 Å². The zero-order valence-electron chi connectivity index (χ0n) is 52.7. The van der Waals surface area contributed by atoms with E-state index in [0.29, 0.717) is 19.3 Å². The maximum absolute atomic E-state index is 13.0. The molecule has 11 nitrogen and oxygen atoms in total. The number of carbonyl (C=O) groups is 3. The fraction of sp³-hybridized carbons (Fsp3) is 0.757. The molecule has 82 heavy (non-hydrogen) atoms. The number of phosphoric ester groups is 1. The lowest BCUT2D eigenvalue weighted by molar-refractivity contribution is -0.161. The summed E-state index contributed by atoms with van der Waals surface area (Å²) in [4.78, 5) is 48.8. The number of esters is 3. The van der Waals surface area contributed by atoms with Crippen molar-refractivity contribution in [1.29, 1.82) is 0 Å². The highest BCUT2D eigenvalue weighted by Crippen LogP contribution is 2.43. The third-order valence-corrected chi connectivity index (χ3v) is 15.2. The topological polar surface area (TPSA) is 155 Å². The van der Waals surface area contributed by atoms with Crippen LogP contribution in [0.4, 0.5) is 0 Å². The molecule has 0 aliphatic heterocycles. The first-order valence-electron chi connectivity index (χ1n) is 33.5. The number of phosphoric acid groups is 1. The van der Waals surface area contributed by atoms with Gasteiger partial charge in [0.15, 0.2) is 6.10 Å². The normalized spacial score (nSPS) is 13.8. The number of aliphatic hydroxyl groups is 1. The van der Waals surface area contributed by atoms with Crippen molar-refractivity contribution < 1.29 is 52.2 Å². The third kappa shape index (κ3) is 61.2. The molecule has 0 aromatic carbocycles. The maximum Gasteiger partial charge on any atom is 0.472 e. The molecule has 12 heteroatoms. The molecular weight excluding hydrogens is 1050 g/mol. The van der Waals surface area contributed by atoms with Crippen LogP contribution >= 0.6 is 7.82 Å². The Bertz CT molecular complexity index is 1700. The molecule has 0 amide bonds. The highest BCUT2D eigenvalue weighted by molar-refractivity contribution is 7.47. The summed E-state index contributed by atoms with van der Waals surface area (Å²) in [6, 6.07) is 0. The number of unbranched alkanes of at least 4 members (excludes halogenated alkanes) is 31. The highest BCUT2D eigenvalue weighted by atomic mass is 31.2. The summed E-state index contributed by atoms with van der Waals surface area (Å²) in [5, 5.41) is 9.87. The molecule has 0 radical (unpaired) electrons. The van der Waals surface area contributed by atoms with Gasteiger partial charge >= 0.3 is 25.7 Å². The van der Waals surface area contributed by atoms with Crippen molar-refractivity contribution in [2.45, 2.75) is 315 Å². The minimum absolute atomic E-state index is 0.157. The van der Waals surface area contributed by atoms with Gasteiger partial charge in [0.25, 0.3) is 0 Å². The van der Waals surface area contributed by atoms with Crippen LogP contribution in [0.2, 0.25) is 0 Å². The zero-order chi connectivity index (χ0) is 59.8. The van der Waals surface area contributed by atoms with Crippen molar-refractivity contribution in [3.05, 3.63) is 85.1 Å². The molecule has 0 saturated heterocycles. The fourth-order valence-corrected chi connectivity index (χ4v) is 9.91. The lowest BCUT2D eigenvalue weighted by Crippen LogP contribution is -2.30. The van der Waals surface area contributed by atoms with Crippen molar-refractivity contribution >= 4 is 25.7 Å². The number of carbonyl (C=O) groups excluding carboxylic acids is 3. The van der Waals surface area contributed by atoms with Crippen LogP contribution in [0.25, 0.3) is 0 Å². The molecule has 0 heterocycles. The molecular formula is C70H123O11P. The summed E-state index contributed by atoms with van der Waals surface area (Å²) in [7, 11) is -4.77. The molecule has 0 rings (SSSR count). The lowest BCUT2D eigenvalue weighted by Gasteiger charge is -2.21. The summed E-state index contributed by atoms with van der Waals surface area (Å²) < 4.78 is 39.7. The molecule has 0 aliphatic carbocycles. The van der Waals surface area contributed by atoms with Crippen molar-refractivity contribution in [3.8, 4) is 0 Å². The predicted octanol–water partition coefficient (Wildman–Crippen LogP) is 20.6. The Balaban J connectivity index is 4.73. The summed E-state index contributed by atoms with van der Waals surface area (Å²) in [5.41, 5.74) is 0. The number of hydrogen-bond acceptors (Lipinski definition) is 10. The van der Waals surface area contributed by atoms with E-state index in [1.54, 1.807) is 0 Å². The van der Waals surface area contributed by atoms with Crippen LogP contribution in [-0.2, 0) is 42.2 Å². The second-order valence-electron chi connectivity index (χ2n) is 22.3.